The van der Waals surface area contributed by atoms with E-state index in [1.165, 1.54) is 96.3 Å². The van der Waals surface area contributed by atoms with Crippen molar-refractivity contribution in [3.63, 3.8) is 0 Å². The summed E-state index contributed by atoms with van der Waals surface area (Å²) in [5.74, 6) is -1.58. The van der Waals surface area contributed by atoms with E-state index in [0.717, 1.165) is 32.1 Å². The molecular formula is C28H53NaO4. The normalized spacial score (nSPS) is 10.5. The van der Waals surface area contributed by atoms with Crippen LogP contribution in [-0.4, -0.2) is 17.0 Å². The third kappa shape index (κ3) is 42.3. The van der Waals surface area contributed by atoms with Crippen molar-refractivity contribution >= 4 is 11.9 Å². The van der Waals surface area contributed by atoms with Crippen LogP contribution in [-0.2, 0) is 9.59 Å². The molecule has 0 rings (SSSR count). The summed E-state index contributed by atoms with van der Waals surface area (Å²) in [6.45, 7) is 4.45. The maximum absolute atomic E-state index is 10.2. The zero-order chi connectivity index (χ0) is 24.1. The zero-order valence-corrected chi connectivity index (χ0v) is 24.4. The van der Waals surface area contributed by atoms with Crippen LogP contribution < -0.4 is 34.7 Å². The molecule has 1 N–H and O–H groups in total. The molecule has 0 saturated carbocycles. The summed E-state index contributed by atoms with van der Waals surface area (Å²) in [7, 11) is 0. The van der Waals surface area contributed by atoms with E-state index < -0.39 is 11.9 Å². The van der Waals surface area contributed by atoms with Gasteiger partial charge in [-0.1, -0.05) is 116 Å². The number of allylic oxidation sites excluding steroid dienone is 2. The molecule has 0 spiro atoms. The molecule has 4 nitrogen and oxygen atoms in total. The van der Waals surface area contributed by atoms with E-state index in [1.807, 2.05) is 0 Å². The fourth-order valence-electron chi connectivity index (χ4n) is 3.57. The molecule has 0 aromatic carbocycles. The van der Waals surface area contributed by atoms with Gasteiger partial charge >= 0.3 is 35.5 Å². The third-order valence-corrected chi connectivity index (χ3v) is 5.64. The van der Waals surface area contributed by atoms with Gasteiger partial charge in [-0.3, -0.25) is 4.79 Å². The second kappa shape index (κ2) is 33.9. The number of aliphatic carboxylic acids is 2. The van der Waals surface area contributed by atoms with Gasteiger partial charge in [0.1, 0.15) is 0 Å². The summed E-state index contributed by atoms with van der Waals surface area (Å²) in [5, 5.41) is 18.6. The van der Waals surface area contributed by atoms with Crippen LogP contribution >= 0.6 is 0 Å². The fraction of sp³-hybridized carbons (Fsp3) is 0.857. The van der Waals surface area contributed by atoms with E-state index in [2.05, 4.69) is 26.0 Å². The van der Waals surface area contributed by atoms with Crippen LogP contribution in [0.4, 0.5) is 0 Å². The van der Waals surface area contributed by atoms with Gasteiger partial charge in [-0.15, -0.1) is 0 Å². The first-order chi connectivity index (χ1) is 15.5. The Labute approximate surface area is 227 Å². The predicted molar refractivity (Wildman–Crippen MR) is 135 cm³/mol. The van der Waals surface area contributed by atoms with E-state index in [4.69, 9.17) is 5.11 Å². The second-order valence-electron chi connectivity index (χ2n) is 8.97. The molecule has 0 aromatic rings. The van der Waals surface area contributed by atoms with Crippen LogP contribution in [0.3, 0.4) is 0 Å². The molecular weight excluding hydrogens is 423 g/mol. The maximum atomic E-state index is 10.2. The van der Waals surface area contributed by atoms with Crippen LogP contribution in [0.15, 0.2) is 12.2 Å². The van der Waals surface area contributed by atoms with Crippen molar-refractivity contribution in [2.75, 3.05) is 0 Å². The largest absolute Gasteiger partial charge is 1.00 e. The number of carbonyl (C=O) groups excluding carboxylic acids is 1. The van der Waals surface area contributed by atoms with E-state index in [9.17, 15) is 14.7 Å². The predicted octanol–water partition coefficient (Wildman–Crippen LogP) is 4.99. The Balaban J connectivity index is -0.000000596. The molecule has 0 radical (unpaired) electrons. The van der Waals surface area contributed by atoms with Crippen molar-refractivity contribution in [2.24, 2.45) is 0 Å². The Bertz CT molecular complexity index is 424. The zero-order valence-electron chi connectivity index (χ0n) is 22.4. The van der Waals surface area contributed by atoms with E-state index >= 15 is 0 Å². The molecule has 33 heavy (non-hydrogen) atoms. The van der Waals surface area contributed by atoms with Crippen molar-refractivity contribution in [2.45, 2.75) is 155 Å². The molecule has 0 saturated heterocycles. The number of rotatable bonds is 23. The van der Waals surface area contributed by atoms with Crippen LogP contribution in [0.5, 0.6) is 0 Å². The molecule has 0 bridgehead atoms. The summed E-state index contributed by atoms with van der Waals surface area (Å²) < 4.78 is 0. The summed E-state index contributed by atoms with van der Waals surface area (Å²) in [4.78, 5) is 20.3. The molecule has 5 heteroatoms. The minimum absolute atomic E-state index is 0. The third-order valence-electron chi connectivity index (χ3n) is 5.64. The molecule has 0 aromatic heterocycles. The van der Waals surface area contributed by atoms with Gasteiger partial charge in [-0.2, -0.15) is 0 Å². The number of unbranched alkanes of at least 4 members (excludes halogenated alkanes) is 17. The molecule has 0 unspecified atom stereocenters. The summed E-state index contributed by atoms with van der Waals surface area (Å²) in [6, 6.07) is 0. The van der Waals surface area contributed by atoms with Crippen LogP contribution in [0.25, 0.3) is 0 Å². The number of carboxylic acid groups (broad SMARTS) is 2. The van der Waals surface area contributed by atoms with Crippen LogP contribution in [0.2, 0.25) is 0 Å². The number of carboxylic acids is 2. The number of hydrogen-bond donors (Lipinski definition) is 1. The van der Waals surface area contributed by atoms with E-state index in [0.29, 0.717) is 6.42 Å². The van der Waals surface area contributed by atoms with E-state index in [-0.39, 0.29) is 36.0 Å². The Morgan fingerprint density at radius 3 is 1.27 bits per heavy atom. The molecule has 0 aliphatic heterocycles. The summed E-state index contributed by atoms with van der Waals surface area (Å²) in [6.07, 6.45) is 29.5. The quantitative estimate of drug-likeness (QED) is 0.128. The molecule has 0 heterocycles. The molecule has 190 valence electrons. The molecule has 0 amide bonds. The SMILES string of the molecule is CCCCCCCC/C=C\CCCCCCCC(=O)[O-].CCCCCCCCCC(=O)O.[Na+]. The summed E-state index contributed by atoms with van der Waals surface area (Å²) >= 11 is 0. The molecule has 0 atom stereocenters. The van der Waals surface area contributed by atoms with Crippen molar-refractivity contribution in [1.82, 2.24) is 0 Å². The smallest absolute Gasteiger partial charge is 0.550 e. The standard InChI is InChI=1S/C18H34O2.C10H20O2.Na/c1-2-3-4-5-6-7-8-9-10-11-12-13-14-15-16-17-18(19)20;1-2-3-4-5-6-7-8-9-10(11)12;/h9-10H,2-8,11-17H2,1H3,(H,19,20);2-9H2,1H3,(H,11,12);/q;;+1/p-1/b10-9-;;. The van der Waals surface area contributed by atoms with E-state index in [1.54, 1.807) is 0 Å². The van der Waals surface area contributed by atoms with Crippen LogP contribution in [0, 0.1) is 0 Å². The topological polar surface area (TPSA) is 77.4 Å². The van der Waals surface area contributed by atoms with Crippen molar-refractivity contribution in [1.29, 1.82) is 0 Å². The second-order valence-corrected chi connectivity index (χ2v) is 8.97. The van der Waals surface area contributed by atoms with Gasteiger partial charge in [0, 0.05) is 12.4 Å². The Morgan fingerprint density at radius 1 is 0.576 bits per heavy atom. The van der Waals surface area contributed by atoms with Gasteiger partial charge in [0.2, 0.25) is 0 Å². The van der Waals surface area contributed by atoms with Gasteiger partial charge < -0.3 is 15.0 Å². The molecule has 0 aliphatic carbocycles. The Kier molecular flexibility index (Phi) is 38.2. The Hall–Kier alpha value is -0.320. The monoisotopic (exact) mass is 476 g/mol. The van der Waals surface area contributed by atoms with Crippen LogP contribution in [0.1, 0.15) is 155 Å². The van der Waals surface area contributed by atoms with Gasteiger partial charge in [-0.05, 0) is 44.9 Å². The minimum Gasteiger partial charge on any atom is -0.550 e. The van der Waals surface area contributed by atoms with Crippen molar-refractivity contribution in [3.05, 3.63) is 12.2 Å². The average Bonchev–Trinajstić information content (AvgIpc) is 2.76. The summed E-state index contributed by atoms with van der Waals surface area (Å²) in [5.41, 5.74) is 0. The van der Waals surface area contributed by atoms with Gasteiger partial charge in [0.15, 0.2) is 0 Å². The number of carbonyl (C=O) groups is 2. The molecule has 0 fully saturated rings. The van der Waals surface area contributed by atoms with Crippen molar-refractivity contribution in [3.8, 4) is 0 Å². The molecule has 0 aliphatic rings. The first kappa shape index (κ1) is 37.2. The van der Waals surface area contributed by atoms with Gasteiger partial charge in [-0.25, -0.2) is 0 Å². The fourth-order valence-corrected chi connectivity index (χ4v) is 3.57. The maximum Gasteiger partial charge on any atom is 1.00 e. The van der Waals surface area contributed by atoms with Gasteiger partial charge in [0.25, 0.3) is 0 Å². The number of hydrogen-bond acceptors (Lipinski definition) is 3. The van der Waals surface area contributed by atoms with Crippen molar-refractivity contribution < 1.29 is 49.4 Å². The average molecular weight is 477 g/mol. The Morgan fingerprint density at radius 2 is 0.909 bits per heavy atom. The minimum atomic E-state index is -0.914. The van der Waals surface area contributed by atoms with Gasteiger partial charge in [0.05, 0.1) is 0 Å². The first-order valence-electron chi connectivity index (χ1n) is 13.6. The first-order valence-corrected chi connectivity index (χ1v) is 13.6.